The molecule has 0 saturated heterocycles. The Bertz CT molecular complexity index is 1010. The van der Waals surface area contributed by atoms with Crippen molar-refractivity contribution in [2.45, 2.75) is 37.7 Å². The Kier molecular flexibility index (Phi) is 7.47. The number of carbonyl (C=O) groups is 3. The first-order chi connectivity index (χ1) is 16.4. The predicted octanol–water partition coefficient (Wildman–Crippen LogP) is 2.89. The fourth-order valence-corrected chi connectivity index (χ4v) is 5.06. The lowest BCUT2D eigenvalue weighted by Crippen LogP contribution is -2.37. The van der Waals surface area contributed by atoms with E-state index in [9.17, 15) is 19.5 Å². The molecule has 4 rings (SSSR count). The number of benzene rings is 2. The van der Waals surface area contributed by atoms with Crippen molar-refractivity contribution in [1.82, 2.24) is 10.6 Å². The minimum Gasteiger partial charge on any atom is -0.479 e. The molecule has 4 N–H and O–H groups in total. The van der Waals surface area contributed by atoms with Crippen LogP contribution in [0, 0.1) is 11.8 Å². The average molecular weight is 467 g/mol. The molecule has 0 aliphatic heterocycles. The fourth-order valence-electron chi connectivity index (χ4n) is 5.06. The van der Waals surface area contributed by atoms with Gasteiger partial charge in [0.25, 0.3) is 0 Å². The zero-order valence-electron chi connectivity index (χ0n) is 18.9. The maximum atomic E-state index is 12.4. The average Bonchev–Trinajstić information content (AvgIpc) is 3.41. The normalized spacial score (nSPS) is 19.7. The Morgan fingerprint density at radius 1 is 0.941 bits per heavy atom. The quantitative estimate of drug-likeness (QED) is 0.450. The molecule has 2 aliphatic carbocycles. The second-order valence-electron chi connectivity index (χ2n) is 9.11. The maximum absolute atomic E-state index is 12.4. The van der Waals surface area contributed by atoms with Crippen LogP contribution in [0.3, 0.4) is 0 Å². The third-order valence-electron chi connectivity index (χ3n) is 6.78. The van der Waals surface area contributed by atoms with Gasteiger partial charge >= 0.3 is 12.1 Å². The van der Waals surface area contributed by atoms with Crippen LogP contribution in [-0.2, 0) is 14.3 Å². The van der Waals surface area contributed by atoms with Crippen molar-refractivity contribution in [2.24, 2.45) is 11.8 Å². The van der Waals surface area contributed by atoms with E-state index in [0.29, 0.717) is 6.54 Å². The van der Waals surface area contributed by atoms with Gasteiger partial charge in [-0.3, -0.25) is 4.79 Å². The first kappa shape index (κ1) is 23.8. The molecule has 2 aromatic rings. The molecule has 8 heteroatoms. The zero-order valence-corrected chi connectivity index (χ0v) is 18.9. The van der Waals surface area contributed by atoms with Crippen molar-refractivity contribution in [3.63, 3.8) is 0 Å². The van der Waals surface area contributed by atoms with Gasteiger partial charge in [0.05, 0.1) is 6.54 Å². The number of fused-ring (bicyclic) bond motifs is 3. The SMILES string of the molecule is O=C(CC1CCC(CNC(=O)OCC2c3ccccc3-c3ccccc32)C1)NCC(O)C(=O)O. The number of rotatable bonds is 9. The molecule has 1 fully saturated rings. The van der Waals surface area contributed by atoms with Crippen molar-refractivity contribution < 1.29 is 29.3 Å². The van der Waals surface area contributed by atoms with E-state index in [0.717, 1.165) is 19.3 Å². The van der Waals surface area contributed by atoms with E-state index in [-0.39, 0.29) is 43.2 Å². The number of alkyl carbamates (subject to hydrolysis) is 1. The highest BCUT2D eigenvalue weighted by molar-refractivity contribution is 5.79. The van der Waals surface area contributed by atoms with Crippen LogP contribution in [0.2, 0.25) is 0 Å². The van der Waals surface area contributed by atoms with Gasteiger partial charge in [-0.15, -0.1) is 0 Å². The molecule has 8 nitrogen and oxygen atoms in total. The summed E-state index contributed by atoms with van der Waals surface area (Å²) >= 11 is 0. The van der Waals surface area contributed by atoms with E-state index in [4.69, 9.17) is 9.84 Å². The molecule has 0 aromatic heterocycles. The monoisotopic (exact) mass is 466 g/mol. The van der Waals surface area contributed by atoms with E-state index in [2.05, 4.69) is 34.9 Å². The van der Waals surface area contributed by atoms with Crippen LogP contribution in [0.1, 0.15) is 42.7 Å². The first-order valence-corrected chi connectivity index (χ1v) is 11.7. The summed E-state index contributed by atoms with van der Waals surface area (Å²) in [6, 6.07) is 16.4. The van der Waals surface area contributed by atoms with Gasteiger partial charge in [-0.2, -0.15) is 0 Å². The van der Waals surface area contributed by atoms with E-state index in [1.54, 1.807) is 0 Å². The number of aliphatic hydroxyl groups is 1. The standard InChI is InChI=1S/C26H30N2O6/c29-23(25(31)32)14-27-24(30)12-16-9-10-17(11-16)13-28-26(33)34-15-22-20-7-3-1-5-18(20)19-6-2-4-8-21(19)22/h1-8,16-17,22-23,29H,9-15H2,(H,27,30)(H,28,33)(H,31,32). The molecule has 0 bridgehead atoms. The summed E-state index contributed by atoms with van der Waals surface area (Å²) in [5.74, 6) is -1.16. The van der Waals surface area contributed by atoms with Crippen molar-refractivity contribution >= 4 is 18.0 Å². The van der Waals surface area contributed by atoms with Gasteiger partial charge < -0.3 is 25.6 Å². The molecule has 2 amide bonds. The lowest BCUT2D eigenvalue weighted by Gasteiger charge is -2.16. The second-order valence-corrected chi connectivity index (χ2v) is 9.11. The number of carbonyl (C=O) groups excluding carboxylic acids is 2. The van der Waals surface area contributed by atoms with Gasteiger partial charge in [-0.25, -0.2) is 9.59 Å². The smallest absolute Gasteiger partial charge is 0.407 e. The van der Waals surface area contributed by atoms with Crippen LogP contribution in [0.4, 0.5) is 4.79 Å². The summed E-state index contributed by atoms with van der Waals surface area (Å²) in [6.45, 7) is 0.468. The molecule has 3 atom stereocenters. The lowest BCUT2D eigenvalue weighted by molar-refractivity contribution is -0.146. The summed E-state index contributed by atoms with van der Waals surface area (Å²) < 4.78 is 5.58. The molecule has 2 aromatic carbocycles. The Morgan fingerprint density at radius 2 is 1.56 bits per heavy atom. The molecule has 1 saturated carbocycles. The highest BCUT2D eigenvalue weighted by atomic mass is 16.5. The van der Waals surface area contributed by atoms with Crippen molar-refractivity contribution in [3.8, 4) is 11.1 Å². The number of amides is 2. The van der Waals surface area contributed by atoms with E-state index in [1.165, 1.54) is 22.3 Å². The molecular weight excluding hydrogens is 436 g/mol. The summed E-state index contributed by atoms with van der Waals surface area (Å²) in [5.41, 5.74) is 4.71. The molecular formula is C26H30N2O6. The molecule has 0 radical (unpaired) electrons. The largest absolute Gasteiger partial charge is 0.479 e. The topological polar surface area (TPSA) is 125 Å². The third kappa shape index (κ3) is 5.56. The van der Waals surface area contributed by atoms with E-state index < -0.39 is 18.2 Å². The van der Waals surface area contributed by atoms with Crippen LogP contribution >= 0.6 is 0 Å². The number of aliphatic hydroxyl groups excluding tert-OH is 1. The number of hydrogen-bond acceptors (Lipinski definition) is 5. The Balaban J connectivity index is 1.19. The number of aliphatic carboxylic acids is 1. The van der Waals surface area contributed by atoms with Crippen LogP contribution in [0.25, 0.3) is 11.1 Å². The zero-order chi connectivity index (χ0) is 24.1. The van der Waals surface area contributed by atoms with Crippen LogP contribution in [-0.4, -0.2) is 54.0 Å². The Morgan fingerprint density at radius 3 is 2.21 bits per heavy atom. The van der Waals surface area contributed by atoms with Gasteiger partial charge in [0.1, 0.15) is 6.61 Å². The molecule has 2 aliphatic rings. The van der Waals surface area contributed by atoms with Crippen LogP contribution in [0.15, 0.2) is 48.5 Å². The van der Waals surface area contributed by atoms with Gasteiger partial charge in [0.2, 0.25) is 5.91 Å². The first-order valence-electron chi connectivity index (χ1n) is 11.7. The molecule has 0 spiro atoms. The number of carboxylic acids is 1. The number of ether oxygens (including phenoxy) is 1. The molecule has 3 unspecified atom stereocenters. The number of hydrogen-bond donors (Lipinski definition) is 4. The summed E-state index contributed by atoms with van der Waals surface area (Å²) in [4.78, 5) is 35.0. The van der Waals surface area contributed by atoms with Gasteiger partial charge in [-0.05, 0) is 53.4 Å². The second kappa shape index (κ2) is 10.7. The third-order valence-corrected chi connectivity index (χ3v) is 6.78. The Hall–Kier alpha value is -3.39. The van der Waals surface area contributed by atoms with Crippen LogP contribution < -0.4 is 10.6 Å². The highest BCUT2D eigenvalue weighted by Crippen LogP contribution is 2.44. The minimum absolute atomic E-state index is 0.0205. The summed E-state index contributed by atoms with van der Waals surface area (Å²) in [5, 5.41) is 23.2. The predicted molar refractivity (Wildman–Crippen MR) is 125 cm³/mol. The Labute approximate surface area is 198 Å². The van der Waals surface area contributed by atoms with Gasteiger partial charge in [-0.1, -0.05) is 48.5 Å². The molecule has 34 heavy (non-hydrogen) atoms. The number of carboxylic acid groups (broad SMARTS) is 1. The summed E-state index contributed by atoms with van der Waals surface area (Å²) in [7, 11) is 0. The molecule has 0 heterocycles. The van der Waals surface area contributed by atoms with Crippen LogP contribution in [0.5, 0.6) is 0 Å². The lowest BCUT2D eigenvalue weighted by atomic mass is 9.98. The van der Waals surface area contributed by atoms with E-state index >= 15 is 0 Å². The maximum Gasteiger partial charge on any atom is 0.407 e. The van der Waals surface area contributed by atoms with E-state index in [1.807, 2.05) is 24.3 Å². The van der Waals surface area contributed by atoms with Gasteiger partial charge in [0.15, 0.2) is 6.10 Å². The number of nitrogens with one attached hydrogen (secondary N) is 2. The summed E-state index contributed by atoms with van der Waals surface area (Å²) in [6.07, 6.45) is 0.824. The highest BCUT2D eigenvalue weighted by Gasteiger charge is 2.30. The van der Waals surface area contributed by atoms with Gasteiger partial charge in [0, 0.05) is 18.9 Å². The fraction of sp³-hybridized carbons (Fsp3) is 0.423. The van der Waals surface area contributed by atoms with Crippen molar-refractivity contribution in [2.75, 3.05) is 19.7 Å². The van der Waals surface area contributed by atoms with Crippen molar-refractivity contribution in [1.29, 1.82) is 0 Å². The molecule has 180 valence electrons. The minimum atomic E-state index is -1.60. The van der Waals surface area contributed by atoms with Crippen molar-refractivity contribution in [3.05, 3.63) is 59.7 Å².